The number of allylic oxidation sites excluding steroid dienone is 3. The lowest BCUT2D eigenvalue weighted by Crippen LogP contribution is -2.65. The second kappa shape index (κ2) is 7.99. The molecule has 3 heteroatoms. The number of fused-ring (bicyclic) bond motifs is 5. The van der Waals surface area contributed by atoms with Gasteiger partial charge in [0, 0.05) is 11.8 Å². The lowest BCUT2D eigenvalue weighted by Gasteiger charge is -2.62. The van der Waals surface area contributed by atoms with Crippen molar-refractivity contribution in [3.63, 3.8) is 0 Å². The van der Waals surface area contributed by atoms with Crippen molar-refractivity contribution in [3.8, 4) is 0 Å². The maximum absolute atomic E-state index is 11.6. The first-order valence-corrected chi connectivity index (χ1v) is 12.9. The van der Waals surface area contributed by atoms with Gasteiger partial charge in [-0.05, 0) is 79.4 Å². The summed E-state index contributed by atoms with van der Waals surface area (Å²) in [5.74, 6) is 3.37. The minimum absolute atomic E-state index is 0.271. The highest BCUT2D eigenvalue weighted by atomic mass is 16.3. The second-order valence-corrected chi connectivity index (χ2v) is 12.5. The molecule has 3 saturated carbocycles. The van der Waals surface area contributed by atoms with Gasteiger partial charge in [0.2, 0.25) is 0 Å². The van der Waals surface area contributed by atoms with Gasteiger partial charge >= 0.3 is 0 Å². The monoisotopic (exact) mass is 430 g/mol. The van der Waals surface area contributed by atoms with Crippen LogP contribution in [0.4, 0.5) is 0 Å². The molecule has 0 radical (unpaired) electrons. The first-order chi connectivity index (χ1) is 14.4. The smallest absolute Gasteiger partial charge is 0.102 e. The number of hydrogen-bond donors (Lipinski definition) is 3. The van der Waals surface area contributed by atoms with Gasteiger partial charge in [0.15, 0.2) is 0 Å². The fourth-order valence-electron chi connectivity index (χ4n) is 8.16. The van der Waals surface area contributed by atoms with E-state index in [1.807, 2.05) is 6.08 Å². The Morgan fingerprint density at radius 1 is 0.935 bits per heavy atom. The molecule has 0 aromatic heterocycles. The van der Waals surface area contributed by atoms with Crippen LogP contribution in [0.3, 0.4) is 0 Å². The summed E-state index contributed by atoms with van der Waals surface area (Å²) in [5.41, 5.74) is 0.160. The molecule has 0 aromatic carbocycles. The molecule has 0 saturated heterocycles. The zero-order valence-corrected chi connectivity index (χ0v) is 20.6. The predicted molar refractivity (Wildman–Crippen MR) is 126 cm³/mol. The Labute approximate surface area is 190 Å². The third kappa shape index (κ3) is 3.49. The maximum Gasteiger partial charge on any atom is 0.102 e. The third-order valence-corrected chi connectivity index (χ3v) is 10.7. The van der Waals surface area contributed by atoms with Crippen LogP contribution in [0.5, 0.6) is 0 Å². The summed E-state index contributed by atoms with van der Waals surface area (Å²) in [6, 6.07) is 0. The van der Waals surface area contributed by atoms with Crippen molar-refractivity contribution >= 4 is 0 Å². The molecule has 0 heterocycles. The van der Waals surface area contributed by atoms with E-state index >= 15 is 0 Å². The fourth-order valence-corrected chi connectivity index (χ4v) is 8.16. The molecular formula is C28H46O3. The lowest BCUT2D eigenvalue weighted by atomic mass is 9.45. The summed E-state index contributed by atoms with van der Waals surface area (Å²) in [6.45, 7) is 14.0. The van der Waals surface area contributed by atoms with Crippen LogP contribution in [0.25, 0.3) is 0 Å². The van der Waals surface area contributed by atoms with Crippen molar-refractivity contribution in [1.82, 2.24) is 0 Å². The van der Waals surface area contributed by atoms with E-state index in [4.69, 9.17) is 0 Å². The highest BCUT2D eigenvalue weighted by Crippen LogP contribution is 2.67. The van der Waals surface area contributed by atoms with Crippen molar-refractivity contribution in [2.45, 2.75) is 104 Å². The van der Waals surface area contributed by atoms with Gasteiger partial charge in [-0.1, -0.05) is 65.3 Å². The van der Waals surface area contributed by atoms with Gasteiger partial charge in [0.25, 0.3) is 0 Å². The van der Waals surface area contributed by atoms with E-state index in [-0.39, 0.29) is 10.8 Å². The molecule has 1 unspecified atom stereocenters. The van der Waals surface area contributed by atoms with Gasteiger partial charge in [-0.3, -0.25) is 0 Å². The standard InChI is InChI=1S/C28H46O3/c1-17(2)18(3)7-8-19(4)22-9-10-23-21-15-25(30)28(31)16-20(29)11-14-27(28,6)24(21)12-13-26(22,23)5/h7-8,15,17-20,22-25,29-31H,9-14,16H2,1-6H3/b8-7+/t18-,19+,20-,22?,23-,24-,25-,26+,27+,28-/m0/s1. The molecule has 10 atom stereocenters. The highest BCUT2D eigenvalue weighted by molar-refractivity contribution is 5.33. The highest BCUT2D eigenvalue weighted by Gasteiger charge is 2.64. The van der Waals surface area contributed by atoms with E-state index < -0.39 is 17.8 Å². The van der Waals surface area contributed by atoms with E-state index in [1.165, 1.54) is 24.8 Å². The maximum atomic E-state index is 11.6. The van der Waals surface area contributed by atoms with Crippen LogP contribution in [0.2, 0.25) is 0 Å². The Morgan fingerprint density at radius 3 is 2.32 bits per heavy atom. The summed E-state index contributed by atoms with van der Waals surface area (Å²) in [5, 5.41) is 32.9. The van der Waals surface area contributed by atoms with Crippen molar-refractivity contribution in [3.05, 3.63) is 23.8 Å². The zero-order valence-electron chi connectivity index (χ0n) is 20.6. The SMILES string of the molecule is CC(C)[C@@H](C)/C=C/[C@@H](C)C1CC[C@H]2C3=C[C@H](O)[C@@]4(O)C[C@@H](O)CC[C@]4(C)[C@H]3CC[C@]12C. The summed E-state index contributed by atoms with van der Waals surface area (Å²) in [7, 11) is 0. The van der Waals surface area contributed by atoms with E-state index in [1.54, 1.807) is 0 Å². The van der Waals surface area contributed by atoms with Crippen LogP contribution >= 0.6 is 0 Å². The van der Waals surface area contributed by atoms with Gasteiger partial charge in [-0.25, -0.2) is 0 Å². The van der Waals surface area contributed by atoms with Gasteiger partial charge in [0.05, 0.1) is 6.10 Å². The molecule has 3 N–H and O–H groups in total. The number of aliphatic hydroxyl groups is 3. The summed E-state index contributed by atoms with van der Waals surface area (Å²) in [6.07, 6.45) is 12.1. The summed E-state index contributed by atoms with van der Waals surface area (Å²) < 4.78 is 0. The first kappa shape index (κ1) is 23.5. The van der Waals surface area contributed by atoms with Crippen molar-refractivity contribution in [2.24, 2.45) is 46.3 Å². The molecule has 31 heavy (non-hydrogen) atoms. The van der Waals surface area contributed by atoms with E-state index in [0.29, 0.717) is 41.9 Å². The average molecular weight is 431 g/mol. The Kier molecular flexibility index (Phi) is 6.06. The van der Waals surface area contributed by atoms with Gasteiger partial charge in [-0.15, -0.1) is 0 Å². The molecule has 3 nitrogen and oxygen atoms in total. The average Bonchev–Trinajstić information content (AvgIpc) is 3.05. The molecule has 0 aliphatic heterocycles. The largest absolute Gasteiger partial charge is 0.393 e. The van der Waals surface area contributed by atoms with Crippen LogP contribution in [0.1, 0.15) is 86.5 Å². The van der Waals surface area contributed by atoms with Crippen molar-refractivity contribution in [1.29, 1.82) is 0 Å². The van der Waals surface area contributed by atoms with E-state index in [0.717, 1.165) is 19.3 Å². The minimum Gasteiger partial charge on any atom is -0.393 e. The van der Waals surface area contributed by atoms with E-state index in [2.05, 4.69) is 53.7 Å². The molecule has 0 bridgehead atoms. The minimum atomic E-state index is -1.20. The topological polar surface area (TPSA) is 60.7 Å². The molecule has 4 aliphatic rings. The fraction of sp³-hybridized carbons (Fsp3) is 0.857. The zero-order chi connectivity index (χ0) is 22.8. The van der Waals surface area contributed by atoms with Crippen LogP contribution in [-0.4, -0.2) is 33.1 Å². The predicted octanol–water partition coefficient (Wildman–Crippen LogP) is 5.50. The molecule has 0 aromatic rings. The second-order valence-electron chi connectivity index (χ2n) is 12.5. The molecule has 4 rings (SSSR count). The van der Waals surface area contributed by atoms with Crippen LogP contribution in [0, 0.1) is 46.3 Å². The number of hydrogen-bond acceptors (Lipinski definition) is 3. The molecule has 4 aliphatic carbocycles. The summed E-state index contributed by atoms with van der Waals surface area (Å²) >= 11 is 0. The quantitative estimate of drug-likeness (QED) is 0.516. The van der Waals surface area contributed by atoms with Crippen LogP contribution in [-0.2, 0) is 0 Å². The van der Waals surface area contributed by atoms with Gasteiger partial charge in [0.1, 0.15) is 11.7 Å². The molecule has 3 fully saturated rings. The van der Waals surface area contributed by atoms with Crippen LogP contribution in [0.15, 0.2) is 23.8 Å². The number of aliphatic hydroxyl groups excluding tert-OH is 2. The summed E-state index contributed by atoms with van der Waals surface area (Å²) in [4.78, 5) is 0. The Hall–Kier alpha value is -0.640. The molecule has 0 spiro atoms. The van der Waals surface area contributed by atoms with Crippen molar-refractivity contribution in [2.75, 3.05) is 0 Å². The first-order valence-electron chi connectivity index (χ1n) is 12.9. The Balaban J connectivity index is 1.61. The normalized spacial score (nSPS) is 49.4. The van der Waals surface area contributed by atoms with Crippen LogP contribution < -0.4 is 0 Å². The van der Waals surface area contributed by atoms with Gasteiger partial charge in [-0.2, -0.15) is 0 Å². The lowest BCUT2D eigenvalue weighted by molar-refractivity contribution is -0.210. The molecular weight excluding hydrogens is 384 g/mol. The number of rotatable bonds is 4. The Morgan fingerprint density at radius 2 is 1.65 bits per heavy atom. The van der Waals surface area contributed by atoms with Crippen molar-refractivity contribution < 1.29 is 15.3 Å². The third-order valence-electron chi connectivity index (χ3n) is 10.7. The molecule has 176 valence electrons. The Bertz CT molecular complexity index is 741. The molecule has 0 amide bonds. The van der Waals surface area contributed by atoms with E-state index in [9.17, 15) is 15.3 Å². The van der Waals surface area contributed by atoms with Gasteiger partial charge < -0.3 is 15.3 Å².